The van der Waals surface area contributed by atoms with Gasteiger partial charge in [0, 0.05) is 10.6 Å². The number of hydrogen-bond acceptors (Lipinski definition) is 3. The number of carbonyl (C=O) groups excluding carboxylic acids is 1. The van der Waals surface area contributed by atoms with Crippen molar-refractivity contribution in [1.82, 2.24) is 0 Å². The second-order valence-corrected chi connectivity index (χ2v) is 7.20. The largest absolute Gasteiger partial charge is 0.293 e. The molecule has 0 saturated carbocycles. The van der Waals surface area contributed by atoms with Gasteiger partial charge in [0.05, 0.1) is 4.90 Å². The van der Waals surface area contributed by atoms with Crippen molar-refractivity contribution in [1.29, 1.82) is 0 Å². The molecule has 0 aliphatic carbocycles. The SMILES string of the molecule is CCC(C(=O)c1ccccc1)S(=O)(=O)c1cccc(Cl)c1. The number of ketones is 1. The lowest BCUT2D eigenvalue weighted by Gasteiger charge is -2.15. The van der Waals surface area contributed by atoms with Crippen molar-refractivity contribution in [2.75, 3.05) is 0 Å². The van der Waals surface area contributed by atoms with Gasteiger partial charge < -0.3 is 0 Å². The van der Waals surface area contributed by atoms with E-state index in [-0.39, 0.29) is 11.3 Å². The van der Waals surface area contributed by atoms with Crippen LogP contribution >= 0.6 is 11.6 Å². The van der Waals surface area contributed by atoms with Gasteiger partial charge in [0.1, 0.15) is 5.25 Å². The maximum atomic E-state index is 12.7. The summed E-state index contributed by atoms with van der Waals surface area (Å²) in [6, 6.07) is 14.5. The lowest BCUT2D eigenvalue weighted by molar-refractivity contribution is 0.0985. The molecule has 0 heterocycles. The van der Waals surface area contributed by atoms with Gasteiger partial charge in [-0.2, -0.15) is 0 Å². The molecule has 0 radical (unpaired) electrons. The van der Waals surface area contributed by atoms with Gasteiger partial charge in [0.25, 0.3) is 0 Å². The van der Waals surface area contributed by atoms with Crippen molar-refractivity contribution in [3.63, 3.8) is 0 Å². The highest BCUT2D eigenvalue weighted by atomic mass is 35.5. The number of halogens is 1. The lowest BCUT2D eigenvalue weighted by atomic mass is 10.1. The minimum atomic E-state index is -3.76. The molecule has 0 bridgehead atoms. The van der Waals surface area contributed by atoms with Crippen molar-refractivity contribution in [3.8, 4) is 0 Å². The fraction of sp³-hybridized carbons (Fsp3) is 0.188. The van der Waals surface area contributed by atoms with E-state index in [0.717, 1.165) is 0 Å². The summed E-state index contributed by atoms with van der Waals surface area (Å²) in [4.78, 5) is 12.5. The standard InChI is InChI=1S/C16H15ClO3S/c1-2-15(16(18)12-7-4-3-5-8-12)21(19,20)14-10-6-9-13(17)11-14/h3-11,15H,2H2,1H3. The summed E-state index contributed by atoms with van der Waals surface area (Å²) in [6.07, 6.45) is 0.211. The summed E-state index contributed by atoms with van der Waals surface area (Å²) in [7, 11) is -3.76. The number of carbonyl (C=O) groups is 1. The second kappa shape index (κ2) is 6.41. The van der Waals surface area contributed by atoms with Crippen LogP contribution in [0.2, 0.25) is 5.02 Å². The normalized spacial score (nSPS) is 12.9. The molecule has 2 aromatic rings. The molecular weight excluding hydrogens is 308 g/mol. The Bertz CT molecular complexity index is 739. The van der Waals surface area contributed by atoms with E-state index in [0.29, 0.717) is 10.6 Å². The zero-order chi connectivity index (χ0) is 15.5. The van der Waals surface area contributed by atoms with Gasteiger partial charge in [-0.3, -0.25) is 4.79 Å². The Morgan fingerprint density at radius 3 is 2.33 bits per heavy atom. The predicted molar refractivity (Wildman–Crippen MR) is 83.5 cm³/mol. The van der Waals surface area contributed by atoms with E-state index in [1.165, 1.54) is 12.1 Å². The average molecular weight is 323 g/mol. The minimum absolute atomic E-state index is 0.0751. The summed E-state index contributed by atoms with van der Waals surface area (Å²) in [5.74, 6) is -0.391. The van der Waals surface area contributed by atoms with Crippen molar-refractivity contribution < 1.29 is 13.2 Å². The quantitative estimate of drug-likeness (QED) is 0.787. The van der Waals surface area contributed by atoms with Gasteiger partial charge >= 0.3 is 0 Å². The first-order valence-corrected chi connectivity index (χ1v) is 8.48. The van der Waals surface area contributed by atoms with Crippen LogP contribution in [-0.2, 0) is 9.84 Å². The maximum absolute atomic E-state index is 12.7. The smallest absolute Gasteiger partial charge is 0.188 e. The topological polar surface area (TPSA) is 51.2 Å². The number of rotatable bonds is 5. The van der Waals surface area contributed by atoms with Crippen molar-refractivity contribution in [2.45, 2.75) is 23.5 Å². The number of sulfone groups is 1. The van der Waals surface area contributed by atoms with E-state index >= 15 is 0 Å². The maximum Gasteiger partial charge on any atom is 0.188 e. The summed E-state index contributed by atoms with van der Waals surface area (Å²) < 4.78 is 25.3. The molecule has 0 aromatic heterocycles. The Kier molecular flexibility index (Phi) is 4.80. The highest BCUT2D eigenvalue weighted by molar-refractivity contribution is 7.92. The predicted octanol–water partition coefficient (Wildman–Crippen LogP) is 3.78. The molecule has 2 rings (SSSR count). The third-order valence-electron chi connectivity index (χ3n) is 3.22. The molecule has 0 fully saturated rings. The van der Waals surface area contributed by atoms with Gasteiger partial charge in [0.2, 0.25) is 0 Å². The van der Waals surface area contributed by atoms with Crippen LogP contribution in [0.3, 0.4) is 0 Å². The average Bonchev–Trinajstić information content (AvgIpc) is 2.48. The molecule has 1 unspecified atom stereocenters. The molecule has 0 saturated heterocycles. The van der Waals surface area contributed by atoms with E-state index < -0.39 is 20.9 Å². The Morgan fingerprint density at radius 1 is 1.10 bits per heavy atom. The fourth-order valence-corrected chi connectivity index (χ4v) is 4.14. The summed E-state index contributed by atoms with van der Waals surface area (Å²) in [5, 5.41) is -0.767. The number of Topliss-reactive ketones (excluding diaryl/α,β-unsaturated/α-hetero) is 1. The van der Waals surface area contributed by atoms with Gasteiger partial charge in [-0.15, -0.1) is 0 Å². The zero-order valence-corrected chi connectivity index (χ0v) is 13.1. The summed E-state index contributed by atoms with van der Waals surface area (Å²) in [5.41, 5.74) is 0.398. The van der Waals surface area contributed by atoms with Crippen LogP contribution in [0.25, 0.3) is 0 Å². The molecule has 0 N–H and O–H groups in total. The van der Waals surface area contributed by atoms with Crippen molar-refractivity contribution in [2.24, 2.45) is 0 Å². The summed E-state index contributed by atoms with van der Waals surface area (Å²) >= 11 is 5.85. The second-order valence-electron chi connectivity index (χ2n) is 4.63. The lowest BCUT2D eigenvalue weighted by Crippen LogP contribution is -2.30. The zero-order valence-electron chi connectivity index (χ0n) is 11.5. The number of hydrogen-bond donors (Lipinski definition) is 0. The van der Waals surface area contributed by atoms with Crippen LogP contribution in [0.1, 0.15) is 23.7 Å². The van der Waals surface area contributed by atoms with Crippen LogP contribution in [0.15, 0.2) is 59.5 Å². The van der Waals surface area contributed by atoms with Crippen LogP contribution in [-0.4, -0.2) is 19.5 Å². The third-order valence-corrected chi connectivity index (χ3v) is 5.66. The van der Waals surface area contributed by atoms with Gasteiger partial charge in [-0.1, -0.05) is 54.9 Å². The Labute approximate surface area is 129 Å². The van der Waals surface area contributed by atoms with Crippen molar-refractivity contribution >= 4 is 27.2 Å². The molecule has 2 aromatic carbocycles. The first-order chi connectivity index (χ1) is 9.96. The van der Waals surface area contributed by atoms with E-state index in [9.17, 15) is 13.2 Å². The minimum Gasteiger partial charge on any atom is -0.293 e. The van der Waals surface area contributed by atoms with E-state index in [4.69, 9.17) is 11.6 Å². The van der Waals surface area contributed by atoms with Crippen LogP contribution in [0.4, 0.5) is 0 Å². The first-order valence-electron chi connectivity index (χ1n) is 6.55. The van der Waals surface area contributed by atoms with Gasteiger partial charge in [0.15, 0.2) is 15.6 Å². The molecule has 110 valence electrons. The molecule has 1 atom stereocenters. The van der Waals surface area contributed by atoms with Gasteiger partial charge in [-0.05, 0) is 24.6 Å². The Morgan fingerprint density at radius 2 is 1.76 bits per heavy atom. The highest BCUT2D eigenvalue weighted by Crippen LogP contribution is 2.24. The molecule has 0 aliphatic heterocycles. The first kappa shape index (κ1) is 15.7. The summed E-state index contributed by atoms with van der Waals surface area (Å²) in [6.45, 7) is 1.69. The van der Waals surface area contributed by atoms with Crippen molar-refractivity contribution in [3.05, 3.63) is 65.2 Å². The van der Waals surface area contributed by atoms with Gasteiger partial charge in [-0.25, -0.2) is 8.42 Å². The molecular formula is C16H15ClO3S. The monoisotopic (exact) mass is 322 g/mol. The van der Waals surface area contributed by atoms with E-state index in [1.807, 2.05) is 0 Å². The molecule has 5 heteroatoms. The van der Waals surface area contributed by atoms with Crippen LogP contribution in [0.5, 0.6) is 0 Å². The molecule has 3 nitrogen and oxygen atoms in total. The van der Waals surface area contributed by atoms with E-state index in [2.05, 4.69) is 0 Å². The number of benzene rings is 2. The molecule has 0 amide bonds. The molecule has 0 aliphatic rings. The molecule has 0 spiro atoms. The van der Waals surface area contributed by atoms with E-state index in [1.54, 1.807) is 49.4 Å². The highest BCUT2D eigenvalue weighted by Gasteiger charge is 2.33. The Hall–Kier alpha value is -1.65. The van der Waals surface area contributed by atoms with Crippen LogP contribution in [0, 0.1) is 0 Å². The van der Waals surface area contributed by atoms with Crippen LogP contribution < -0.4 is 0 Å². The third kappa shape index (κ3) is 3.34. The molecule has 21 heavy (non-hydrogen) atoms. The fourth-order valence-electron chi connectivity index (χ4n) is 2.14. The Balaban J connectivity index is 2.43.